The van der Waals surface area contributed by atoms with Gasteiger partial charge in [-0.25, -0.2) is 0 Å². The fourth-order valence-corrected chi connectivity index (χ4v) is 3.40. The Morgan fingerprint density at radius 2 is 1.92 bits per heavy atom. The van der Waals surface area contributed by atoms with Crippen molar-refractivity contribution in [1.82, 2.24) is 5.32 Å². The Balaban J connectivity index is 1.69. The Morgan fingerprint density at radius 1 is 1.00 bits per heavy atom. The summed E-state index contributed by atoms with van der Waals surface area (Å²) in [6.07, 6.45) is 8.80. The molecule has 2 nitrogen and oxygen atoms in total. The molecule has 3 saturated heterocycles. The van der Waals surface area contributed by atoms with Crippen LogP contribution in [0.3, 0.4) is 0 Å². The first-order chi connectivity index (χ1) is 6.43. The van der Waals surface area contributed by atoms with Crippen LogP contribution in [0.5, 0.6) is 0 Å². The lowest BCUT2D eigenvalue weighted by atomic mass is 9.86. The maximum atomic E-state index is 5.80. The molecular formula is C11H19NO. The molecule has 74 valence electrons. The second kappa shape index (κ2) is 3.25. The van der Waals surface area contributed by atoms with E-state index in [0.717, 1.165) is 24.6 Å². The summed E-state index contributed by atoms with van der Waals surface area (Å²) in [6.45, 7) is 1.01. The van der Waals surface area contributed by atoms with Crippen LogP contribution >= 0.6 is 0 Å². The van der Waals surface area contributed by atoms with Gasteiger partial charge >= 0.3 is 0 Å². The van der Waals surface area contributed by atoms with Crippen molar-refractivity contribution < 1.29 is 4.74 Å². The number of piperidine rings is 1. The monoisotopic (exact) mass is 181 g/mol. The number of fused-ring (bicyclic) bond motifs is 2. The molecule has 3 rings (SSSR count). The molecule has 3 fully saturated rings. The van der Waals surface area contributed by atoms with Gasteiger partial charge in [-0.2, -0.15) is 0 Å². The summed E-state index contributed by atoms with van der Waals surface area (Å²) < 4.78 is 5.80. The maximum absolute atomic E-state index is 5.80. The molecule has 4 atom stereocenters. The first kappa shape index (κ1) is 8.25. The van der Waals surface area contributed by atoms with Crippen molar-refractivity contribution in [2.24, 2.45) is 5.92 Å². The van der Waals surface area contributed by atoms with E-state index >= 15 is 0 Å². The van der Waals surface area contributed by atoms with Crippen molar-refractivity contribution >= 4 is 0 Å². The van der Waals surface area contributed by atoms with Crippen molar-refractivity contribution in [2.45, 2.75) is 56.7 Å². The van der Waals surface area contributed by atoms with E-state index in [1.807, 2.05) is 0 Å². The normalized spacial score (nSPS) is 49.8. The van der Waals surface area contributed by atoms with Gasteiger partial charge in [0.1, 0.15) is 0 Å². The Morgan fingerprint density at radius 3 is 2.77 bits per heavy atom. The molecule has 3 aliphatic heterocycles. The first-order valence-electron chi connectivity index (χ1n) is 5.81. The van der Waals surface area contributed by atoms with Crippen LogP contribution in [0.15, 0.2) is 0 Å². The highest BCUT2D eigenvalue weighted by atomic mass is 16.5. The zero-order chi connectivity index (χ0) is 8.67. The molecule has 3 heterocycles. The van der Waals surface area contributed by atoms with Gasteiger partial charge in [0.15, 0.2) is 0 Å². The second-order valence-electron chi connectivity index (χ2n) is 4.84. The van der Waals surface area contributed by atoms with Crippen LogP contribution in [-0.4, -0.2) is 24.8 Å². The molecule has 0 aromatic carbocycles. The molecule has 2 bridgehead atoms. The van der Waals surface area contributed by atoms with Crippen molar-refractivity contribution in [3.8, 4) is 0 Å². The zero-order valence-electron chi connectivity index (χ0n) is 8.17. The number of hydrogen-bond donors (Lipinski definition) is 1. The van der Waals surface area contributed by atoms with Crippen molar-refractivity contribution in [1.29, 1.82) is 0 Å². The van der Waals surface area contributed by atoms with Gasteiger partial charge in [-0.15, -0.1) is 0 Å². The van der Waals surface area contributed by atoms with Crippen LogP contribution in [0.4, 0.5) is 0 Å². The molecule has 0 radical (unpaired) electrons. The van der Waals surface area contributed by atoms with Gasteiger partial charge < -0.3 is 10.1 Å². The molecule has 2 heteroatoms. The topological polar surface area (TPSA) is 21.3 Å². The summed E-state index contributed by atoms with van der Waals surface area (Å²) in [7, 11) is 0. The van der Waals surface area contributed by atoms with Crippen LogP contribution < -0.4 is 5.32 Å². The number of nitrogens with one attached hydrogen (secondary N) is 1. The molecule has 0 spiro atoms. The molecule has 3 aliphatic rings. The van der Waals surface area contributed by atoms with Gasteiger partial charge in [-0.1, -0.05) is 0 Å². The van der Waals surface area contributed by atoms with E-state index in [9.17, 15) is 0 Å². The minimum atomic E-state index is 0.594. The molecule has 0 aromatic heterocycles. The lowest BCUT2D eigenvalue weighted by Crippen LogP contribution is -2.44. The van der Waals surface area contributed by atoms with E-state index in [0.29, 0.717) is 6.10 Å². The van der Waals surface area contributed by atoms with E-state index in [1.54, 1.807) is 0 Å². The third-order valence-electron chi connectivity index (χ3n) is 4.08. The molecule has 1 N–H and O–H groups in total. The molecule has 0 aromatic rings. The molecule has 0 aliphatic carbocycles. The molecule has 13 heavy (non-hydrogen) atoms. The van der Waals surface area contributed by atoms with E-state index < -0.39 is 0 Å². The Labute approximate surface area is 80.0 Å². The van der Waals surface area contributed by atoms with Gasteiger partial charge in [-0.05, 0) is 38.5 Å². The lowest BCUT2D eigenvalue weighted by molar-refractivity contribution is 0.0370. The predicted molar refractivity (Wildman–Crippen MR) is 51.6 cm³/mol. The summed E-state index contributed by atoms with van der Waals surface area (Å²) >= 11 is 0. The molecular weight excluding hydrogens is 162 g/mol. The average molecular weight is 181 g/mol. The fourth-order valence-electron chi connectivity index (χ4n) is 3.40. The summed E-state index contributed by atoms with van der Waals surface area (Å²) in [6, 6.07) is 1.64. The van der Waals surface area contributed by atoms with Crippen LogP contribution in [0.2, 0.25) is 0 Å². The van der Waals surface area contributed by atoms with E-state index in [1.165, 1.54) is 38.5 Å². The standard InChI is InChI=1S/C11H19NO/c1-2-11(13-7-1)9-5-3-8-4-6-10(9)12-8/h8-12H,1-7H2. The highest BCUT2D eigenvalue weighted by molar-refractivity contribution is 4.96. The number of hydrogen-bond acceptors (Lipinski definition) is 2. The Hall–Kier alpha value is -0.0800. The molecule has 0 saturated carbocycles. The predicted octanol–water partition coefficient (Wildman–Crippen LogP) is 1.70. The average Bonchev–Trinajstić information content (AvgIpc) is 2.77. The van der Waals surface area contributed by atoms with Gasteiger partial charge in [-0.3, -0.25) is 0 Å². The lowest BCUT2D eigenvalue weighted by Gasteiger charge is -2.33. The van der Waals surface area contributed by atoms with Crippen molar-refractivity contribution in [3.63, 3.8) is 0 Å². The van der Waals surface area contributed by atoms with Gasteiger partial charge in [0.05, 0.1) is 6.10 Å². The third kappa shape index (κ3) is 1.40. The minimum absolute atomic E-state index is 0.594. The first-order valence-corrected chi connectivity index (χ1v) is 5.81. The zero-order valence-corrected chi connectivity index (χ0v) is 8.17. The van der Waals surface area contributed by atoms with Crippen LogP contribution in [0.25, 0.3) is 0 Å². The highest BCUT2D eigenvalue weighted by Gasteiger charge is 2.40. The summed E-state index contributed by atoms with van der Waals surface area (Å²) in [5.41, 5.74) is 0. The molecule has 0 amide bonds. The maximum Gasteiger partial charge on any atom is 0.0619 e. The van der Waals surface area contributed by atoms with Crippen LogP contribution in [0.1, 0.15) is 38.5 Å². The highest BCUT2D eigenvalue weighted by Crippen LogP contribution is 2.36. The third-order valence-corrected chi connectivity index (χ3v) is 4.08. The molecule has 4 unspecified atom stereocenters. The van der Waals surface area contributed by atoms with Gasteiger partial charge in [0.2, 0.25) is 0 Å². The SMILES string of the molecule is C1COC(C2CCC3CCC2N3)C1. The number of rotatable bonds is 1. The quantitative estimate of drug-likeness (QED) is 0.664. The van der Waals surface area contributed by atoms with E-state index in [-0.39, 0.29) is 0 Å². The summed E-state index contributed by atoms with van der Waals surface area (Å²) in [4.78, 5) is 0. The Kier molecular flexibility index (Phi) is 2.06. The second-order valence-corrected chi connectivity index (χ2v) is 4.84. The minimum Gasteiger partial charge on any atom is -0.378 e. The van der Waals surface area contributed by atoms with E-state index in [2.05, 4.69) is 5.32 Å². The van der Waals surface area contributed by atoms with Crippen LogP contribution in [0, 0.1) is 5.92 Å². The van der Waals surface area contributed by atoms with Crippen molar-refractivity contribution in [3.05, 3.63) is 0 Å². The summed E-state index contributed by atoms with van der Waals surface area (Å²) in [5, 5.41) is 3.74. The largest absolute Gasteiger partial charge is 0.378 e. The summed E-state index contributed by atoms with van der Waals surface area (Å²) in [5.74, 6) is 0.834. The fraction of sp³-hybridized carbons (Fsp3) is 1.00. The number of ether oxygens (including phenoxy) is 1. The van der Waals surface area contributed by atoms with Gasteiger partial charge in [0, 0.05) is 24.6 Å². The smallest absolute Gasteiger partial charge is 0.0619 e. The van der Waals surface area contributed by atoms with E-state index in [4.69, 9.17) is 4.74 Å². The van der Waals surface area contributed by atoms with Gasteiger partial charge in [0.25, 0.3) is 0 Å². The van der Waals surface area contributed by atoms with Crippen molar-refractivity contribution in [2.75, 3.05) is 6.61 Å². The van der Waals surface area contributed by atoms with Crippen LogP contribution in [-0.2, 0) is 4.74 Å². The Bertz CT molecular complexity index is 187.